The quantitative estimate of drug-likeness (QED) is 0.783. The standard InChI is InChI=1S/C10H9BrN2O/c1-6-8-3-7(11)4-9(14-2)10(8)13-5-12-6/h3-5H,1-2H3. The Bertz CT molecular complexity index is 485. The first-order valence-corrected chi connectivity index (χ1v) is 4.96. The number of aromatic nitrogens is 2. The Morgan fingerprint density at radius 1 is 1.29 bits per heavy atom. The van der Waals surface area contributed by atoms with Gasteiger partial charge in [-0.05, 0) is 19.1 Å². The van der Waals surface area contributed by atoms with Gasteiger partial charge in [0.05, 0.1) is 7.11 Å². The molecule has 2 rings (SSSR count). The molecule has 0 spiro atoms. The summed E-state index contributed by atoms with van der Waals surface area (Å²) in [4.78, 5) is 8.33. The van der Waals surface area contributed by atoms with E-state index in [1.165, 1.54) is 0 Å². The minimum Gasteiger partial charge on any atom is -0.494 e. The largest absolute Gasteiger partial charge is 0.494 e. The molecule has 14 heavy (non-hydrogen) atoms. The number of methoxy groups -OCH3 is 1. The lowest BCUT2D eigenvalue weighted by molar-refractivity contribution is 0.418. The Morgan fingerprint density at radius 3 is 2.79 bits per heavy atom. The molecular weight excluding hydrogens is 244 g/mol. The van der Waals surface area contributed by atoms with Crippen molar-refractivity contribution < 1.29 is 4.74 Å². The first kappa shape index (κ1) is 9.40. The second-order valence-electron chi connectivity index (χ2n) is 2.96. The van der Waals surface area contributed by atoms with Crippen LogP contribution in [0.2, 0.25) is 0 Å². The van der Waals surface area contributed by atoms with Crippen molar-refractivity contribution in [1.82, 2.24) is 9.97 Å². The predicted octanol–water partition coefficient (Wildman–Crippen LogP) is 2.71. The number of aryl methyl sites for hydroxylation is 1. The van der Waals surface area contributed by atoms with Gasteiger partial charge in [0.1, 0.15) is 17.6 Å². The molecule has 1 aromatic heterocycles. The van der Waals surface area contributed by atoms with E-state index in [1.54, 1.807) is 13.4 Å². The van der Waals surface area contributed by atoms with Crippen LogP contribution in [0.5, 0.6) is 5.75 Å². The number of rotatable bonds is 1. The summed E-state index contributed by atoms with van der Waals surface area (Å²) in [6.45, 7) is 1.95. The second-order valence-corrected chi connectivity index (χ2v) is 3.88. The van der Waals surface area contributed by atoms with Crippen LogP contribution in [-0.4, -0.2) is 17.1 Å². The maximum atomic E-state index is 5.24. The Balaban J connectivity index is 2.87. The van der Waals surface area contributed by atoms with E-state index in [1.807, 2.05) is 19.1 Å². The monoisotopic (exact) mass is 252 g/mol. The van der Waals surface area contributed by atoms with Gasteiger partial charge >= 0.3 is 0 Å². The van der Waals surface area contributed by atoms with Gasteiger partial charge in [-0.2, -0.15) is 0 Å². The van der Waals surface area contributed by atoms with Crippen LogP contribution < -0.4 is 4.74 Å². The topological polar surface area (TPSA) is 35.0 Å². The summed E-state index contributed by atoms with van der Waals surface area (Å²) >= 11 is 3.42. The molecule has 0 saturated carbocycles. The third-order valence-corrected chi connectivity index (χ3v) is 2.55. The fourth-order valence-corrected chi connectivity index (χ4v) is 1.82. The highest BCUT2D eigenvalue weighted by atomic mass is 79.9. The van der Waals surface area contributed by atoms with Crippen LogP contribution in [0, 0.1) is 6.92 Å². The normalized spacial score (nSPS) is 10.5. The average Bonchev–Trinajstić information content (AvgIpc) is 2.18. The molecule has 0 radical (unpaired) electrons. The van der Waals surface area contributed by atoms with Crippen LogP contribution in [0.4, 0.5) is 0 Å². The summed E-state index contributed by atoms with van der Waals surface area (Å²) in [5.41, 5.74) is 1.80. The molecular formula is C10H9BrN2O. The molecule has 0 aliphatic rings. The average molecular weight is 253 g/mol. The summed E-state index contributed by atoms with van der Waals surface area (Å²) < 4.78 is 6.22. The van der Waals surface area contributed by atoms with E-state index in [9.17, 15) is 0 Å². The minimum absolute atomic E-state index is 0.764. The lowest BCUT2D eigenvalue weighted by Gasteiger charge is -2.06. The first-order chi connectivity index (χ1) is 6.72. The molecule has 0 aliphatic heterocycles. The Kier molecular flexibility index (Phi) is 2.37. The van der Waals surface area contributed by atoms with E-state index >= 15 is 0 Å². The van der Waals surface area contributed by atoms with Crippen molar-refractivity contribution in [2.24, 2.45) is 0 Å². The van der Waals surface area contributed by atoms with E-state index in [0.717, 1.165) is 26.8 Å². The second kappa shape index (κ2) is 3.53. The van der Waals surface area contributed by atoms with Crippen molar-refractivity contribution in [3.8, 4) is 5.75 Å². The van der Waals surface area contributed by atoms with Crippen LogP contribution in [0.15, 0.2) is 22.9 Å². The third-order valence-electron chi connectivity index (χ3n) is 2.09. The molecule has 0 atom stereocenters. The van der Waals surface area contributed by atoms with Crippen LogP contribution in [-0.2, 0) is 0 Å². The molecule has 3 nitrogen and oxygen atoms in total. The number of benzene rings is 1. The van der Waals surface area contributed by atoms with E-state index in [2.05, 4.69) is 25.9 Å². The Hall–Kier alpha value is -1.16. The van der Waals surface area contributed by atoms with Crippen molar-refractivity contribution >= 4 is 26.8 Å². The van der Waals surface area contributed by atoms with E-state index < -0.39 is 0 Å². The van der Waals surface area contributed by atoms with Gasteiger partial charge in [0, 0.05) is 15.6 Å². The minimum atomic E-state index is 0.764. The number of hydrogen-bond donors (Lipinski definition) is 0. The van der Waals surface area contributed by atoms with Gasteiger partial charge in [-0.25, -0.2) is 9.97 Å². The van der Waals surface area contributed by atoms with Crippen LogP contribution in [0.25, 0.3) is 10.9 Å². The van der Waals surface area contributed by atoms with Gasteiger partial charge in [0.15, 0.2) is 0 Å². The van der Waals surface area contributed by atoms with E-state index in [4.69, 9.17) is 4.74 Å². The Labute approximate surface area is 90.3 Å². The lowest BCUT2D eigenvalue weighted by Crippen LogP contribution is -1.91. The van der Waals surface area contributed by atoms with Gasteiger partial charge in [0.2, 0.25) is 0 Å². The molecule has 2 aromatic rings. The maximum Gasteiger partial charge on any atom is 0.146 e. The summed E-state index contributed by atoms with van der Waals surface area (Å²) in [5.74, 6) is 0.764. The lowest BCUT2D eigenvalue weighted by atomic mass is 10.2. The third kappa shape index (κ3) is 1.46. The zero-order valence-electron chi connectivity index (χ0n) is 7.91. The summed E-state index contributed by atoms with van der Waals surface area (Å²) in [7, 11) is 1.64. The van der Waals surface area contributed by atoms with Crippen molar-refractivity contribution in [2.75, 3.05) is 7.11 Å². The highest BCUT2D eigenvalue weighted by molar-refractivity contribution is 9.10. The molecule has 1 heterocycles. The summed E-state index contributed by atoms with van der Waals surface area (Å²) in [5, 5.41) is 1.01. The predicted molar refractivity (Wildman–Crippen MR) is 58.5 cm³/mol. The van der Waals surface area contributed by atoms with Crippen molar-refractivity contribution in [3.05, 3.63) is 28.6 Å². The maximum absolute atomic E-state index is 5.24. The van der Waals surface area contributed by atoms with Crippen molar-refractivity contribution in [3.63, 3.8) is 0 Å². The van der Waals surface area contributed by atoms with Gasteiger partial charge in [-0.15, -0.1) is 0 Å². The molecule has 0 amide bonds. The molecule has 0 bridgehead atoms. The molecule has 1 aromatic carbocycles. The molecule has 0 saturated heterocycles. The molecule has 0 unspecified atom stereocenters. The van der Waals surface area contributed by atoms with Crippen molar-refractivity contribution in [2.45, 2.75) is 6.92 Å². The van der Waals surface area contributed by atoms with Crippen molar-refractivity contribution in [1.29, 1.82) is 0 Å². The molecule has 72 valence electrons. The zero-order valence-corrected chi connectivity index (χ0v) is 9.50. The number of ether oxygens (including phenoxy) is 1. The van der Waals surface area contributed by atoms with Crippen LogP contribution in [0.3, 0.4) is 0 Å². The van der Waals surface area contributed by atoms with Crippen LogP contribution >= 0.6 is 15.9 Å². The number of hydrogen-bond acceptors (Lipinski definition) is 3. The molecule has 4 heteroatoms. The fourth-order valence-electron chi connectivity index (χ4n) is 1.38. The highest BCUT2D eigenvalue weighted by Gasteiger charge is 2.06. The number of nitrogens with zero attached hydrogens (tertiary/aromatic N) is 2. The molecule has 0 fully saturated rings. The highest BCUT2D eigenvalue weighted by Crippen LogP contribution is 2.29. The number of halogens is 1. The smallest absolute Gasteiger partial charge is 0.146 e. The first-order valence-electron chi connectivity index (χ1n) is 4.17. The van der Waals surface area contributed by atoms with E-state index in [0.29, 0.717) is 0 Å². The fraction of sp³-hybridized carbons (Fsp3) is 0.200. The van der Waals surface area contributed by atoms with Crippen LogP contribution in [0.1, 0.15) is 5.69 Å². The Morgan fingerprint density at radius 2 is 2.07 bits per heavy atom. The SMILES string of the molecule is COc1cc(Br)cc2c(C)ncnc12. The zero-order chi connectivity index (χ0) is 10.1. The van der Waals surface area contributed by atoms with Gasteiger partial charge in [-0.3, -0.25) is 0 Å². The summed E-state index contributed by atoms with van der Waals surface area (Å²) in [6, 6.07) is 3.89. The summed E-state index contributed by atoms with van der Waals surface area (Å²) in [6.07, 6.45) is 1.55. The van der Waals surface area contributed by atoms with Gasteiger partial charge < -0.3 is 4.74 Å². The number of fused-ring (bicyclic) bond motifs is 1. The van der Waals surface area contributed by atoms with Gasteiger partial charge in [-0.1, -0.05) is 15.9 Å². The van der Waals surface area contributed by atoms with E-state index in [-0.39, 0.29) is 0 Å². The van der Waals surface area contributed by atoms with Gasteiger partial charge in [0.25, 0.3) is 0 Å². The molecule has 0 N–H and O–H groups in total. The molecule has 0 aliphatic carbocycles.